The standard InChI is InChI=1S/C22H31N5O3.HI/c1-5-23-22(27-14-12-26(13-15-27)19-8-6-7-11-24-19)25-16-17-9-10-18(28-2)21(30-4)20(17)29-3;/h6-11H,5,12-16H2,1-4H3,(H,23,25);1H. The average Bonchev–Trinajstić information content (AvgIpc) is 2.81. The number of nitrogens with one attached hydrogen (secondary N) is 1. The Hall–Kier alpha value is -2.43. The van der Waals surface area contributed by atoms with Crippen LogP contribution < -0.4 is 24.4 Å². The lowest BCUT2D eigenvalue weighted by atomic mass is 10.1. The molecule has 3 rings (SSSR count). The maximum atomic E-state index is 5.59. The number of methoxy groups -OCH3 is 3. The zero-order chi connectivity index (χ0) is 21.3. The Labute approximate surface area is 201 Å². The van der Waals surface area contributed by atoms with Gasteiger partial charge in [0.05, 0.1) is 27.9 Å². The van der Waals surface area contributed by atoms with Gasteiger partial charge < -0.3 is 29.3 Å². The van der Waals surface area contributed by atoms with Gasteiger partial charge in [-0.3, -0.25) is 0 Å². The van der Waals surface area contributed by atoms with Gasteiger partial charge in [-0.2, -0.15) is 0 Å². The summed E-state index contributed by atoms with van der Waals surface area (Å²) in [5.41, 5.74) is 0.942. The maximum Gasteiger partial charge on any atom is 0.203 e. The lowest BCUT2D eigenvalue weighted by molar-refractivity contribution is 0.322. The molecule has 1 aromatic heterocycles. The van der Waals surface area contributed by atoms with Crippen molar-refractivity contribution in [3.05, 3.63) is 42.1 Å². The maximum absolute atomic E-state index is 5.59. The van der Waals surface area contributed by atoms with E-state index >= 15 is 0 Å². The summed E-state index contributed by atoms with van der Waals surface area (Å²) < 4.78 is 16.4. The van der Waals surface area contributed by atoms with E-state index in [1.54, 1.807) is 21.3 Å². The predicted octanol–water partition coefficient (Wildman–Crippen LogP) is 3.01. The molecule has 1 N–H and O–H groups in total. The molecule has 1 fully saturated rings. The number of benzene rings is 1. The molecular formula is C22H32IN5O3. The second-order valence-corrected chi connectivity index (χ2v) is 6.83. The highest BCUT2D eigenvalue weighted by molar-refractivity contribution is 14.0. The summed E-state index contributed by atoms with van der Waals surface area (Å²) >= 11 is 0. The molecule has 170 valence electrons. The fourth-order valence-corrected chi connectivity index (χ4v) is 3.56. The van der Waals surface area contributed by atoms with Crippen LogP contribution in [0.15, 0.2) is 41.5 Å². The molecular weight excluding hydrogens is 509 g/mol. The Morgan fingerprint density at radius 3 is 2.32 bits per heavy atom. The molecule has 2 heterocycles. The normalized spacial score (nSPS) is 14.0. The van der Waals surface area contributed by atoms with Crippen LogP contribution in [0.3, 0.4) is 0 Å². The molecule has 1 aliphatic heterocycles. The smallest absolute Gasteiger partial charge is 0.203 e. The van der Waals surface area contributed by atoms with Crippen molar-refractivity contribution in [2.45, 2.75) is 13.5 Å². The van der Waals surface area contributed by atoms with Gasteiger partial charge >= 0.3 is 0 Å². The minimum Gasteiger partial charge on any atom is -0.493 e. The number of anilines is 1. The number of aliphatic imine (C=N–C) groups is 1. The quantitative estimate of drug-likeness (QED) is 0.329. The third kappa shape index (κ3) is 6.05. The number of piperazine rings is 1. The number of guanidine groups is 1. The summed E-state index contributed by atoms with van der Waals surface area (Å²) in [7, 11) is 4.86. The molecule has 0 spiro atoms. The summed E-state index contributed by atoms with van der Waals surface area (Å²) in [5.74, 6) is 3.79. The van der Waals surface area contributed by atoms with Crippen LogP contribution in [-0.2, 0) is 6.54 Å². The van der Waals surface area contributed by atoms with Gasteiger partial charge in [-0.1, -0.05) is 6.07 Å². The third-order valence-corrected chi connectivity index (χ3v) is 5.07. The van der Waals surface area contributed by atoms with E-state index in [1.807, 2.05) is 30.5 Å². The zero-order valence-corrected chi connectivity index (χ0v) is 21.0. The van der Waals surface area contributed by atoms with Crippen molar-refractivity contribution in [1.82, 2.24) is 15.2 Å². The second kappa shape index (κ2) is 12.4. The van der Waals surface area contributed by atoms with Crippen LogP contribution in [0.2, 0.25) is 0 Å². The topological polar surface area (TPSA) is 71.5 Å². The van der Waals surface area contributed by atoms with E-state index in [1.165, 1.54) is 0 Å². The number of rotatable bonds is 7. The molecule has 0 atom stereocenters. The number of hydrogen-bond acceptors (Lipinski definition) is 6. The Morgan fingerprint density at radius 1 is 1.00 bits per heavy atom. The summed E-state index contributed by atoms with van der Waals surface area (Å²) in [6.45, 7) is 6.94. The summed E-state index contributed by atoms with van der Waals surface area (Å²) in [6, 6.07) is 9.87. The largest absolute Gasteiger partial charge is 0.493 e. The predicted molar refractivity (Wildman–Crippen MR) is 134 cm³/mol. The molecule has 0 amide bonds. The highest BCUT2D eigenvalue weighted by Gasteiger charge is 2.21. The molecule has 31 heavy (non-hydrogen) atoms. The summed E-state index contributed by atoms with van der Waals surface area (Å²) in [5, 5.41) is 3.41. The van der Waals surface area contributed by atoms with Crippen molar-refractivity contribution in [3.63, 3.8) is 0 Å². The molecule has 1 saturated heterocycles. The number of pyridine rings is 1. The van der Waals surface area contributed by atoms with Gasteiger partial charge in [-0.25, -0.2) is 9.98 Å². The molecule has 8 nitrogen and oxygen atoms in total. The van der Waals surface area contributed by atoms with Crippen molar-refractivity contribution in [2.75, 3.05) is 59.0 Å². The van der Waals surface area contributed by atoms with E-state index < -0.39 is 0 Å². The second-order valence-electron chi connectivity index (χ2n) is 6.83. The van der Waals surface area contributed by atoms with Crippen molar-refractivity contribution in [2.24, 2.45) is 4.99 Å². The van der Waals surface area contributed by atoms with Gasteiger partial charge in [0.15, 0.2) is 17.5 Å². The fourth-order valence-electron chi connectivity index (χ4n) is 3.56. The van der Waals surface area contributed by atoms with E-state index in [9.17, 15) is 0 Å². The lowest BCUT2D eigenvalue weighted by Crippen LogP contribution is -2.52. The Balaban J connectivity index is 0.00000341. The monoisotopic (exact) mass is 541 g/mol. The van der Waals surface area contributed by atoms with E-state index in [4.69, 9.17) is 19.2 Å². The molecule has 0 saturated carbocycles. The summed E-state index contributed by atoms with van der Waals surface area (Å²) in [6.07, 6.45) is 1.84. The first-order chi connectivity index (χ1) is 14.7. The van der Waals surface area contributed by atoms with Crippen LogP contribution in [0.25, 0.3) is 0 Å². The first-order valence-corrected chi connectivity index (χ1v) is 10.2. The van der Waals surface area contributed by atoms with Gasteiger partial charge in [0, 0.05) is 44.5 Å². The average molecular weight is 541 g/mol. The number of nitrogens with zero attached hydrogens (tertiary/aromatic N) is 4. The van der Waals surface area contributed by atoms with E-state index in [0.717, 1.165) is 50.1 Å². The minimum atomic E-state index is 0. The number of hydrogen-bond donors (Lipinski definition) is 1. The minimum absolute atomic E-state index is 0. The number of ether oxygens (including phenoxy) is 3. The van der Waals surface area contributed by atoms with Crippen LogP contribution >= 0.6 is 24.0 Å². The SMILES string of the molecule is CCNC(=NCc1ccc(OC)c(OC)c1OC)N1CCN(c2ccccn2)CC1.I. The summed E-state index contributed by atoms with van der Waals surface area (Å²) in [4.78, 5) is 13.9. The molecule has 1 aliphatic rings. The van der Waals surface area contributed by atoms with Crippen molar-refractivity contribution < 1.29 is 14.2 Å². The van der Waals surface area contributed by atoms with Crippen LogP contribution in [-0.4, -0.2) is 69.9 Å². The van der Waals surface area contributed by atoms with Gasteiger partial charge in [0.2, 0.25) is 5.75 Å². The Bertz CT molecular complexity index is 843. The molecule has 9 heteroatoms. The molecule has 0 unspecified atom stereocenters. The third-order valence-electron chi connectivity index (χ3n) is 5.07. The Kier molecular flexibility index (Phi) is 9.96. The van der Waals surface area contributed by atoms with Gasteiger partial charge in [-0.05, 0) is 31.2 Å². The van der Waals surface area contributed by atoms with Crippen LogP contribution in [0, 0.1) is 0 Å². The van der Waals surface area contributed by atoms with Crippen molar-refractivity contribution >= 4 is 35.8 Å². The fraction of sp³-hybridized carbons (Fsp3) is 0.455. The van der Waals surface area contributed by atoms with Crippen molar-refractivity contribution in [3.8, 4) is 17.2 Å². The van der Waals surface area contributed by atoms with E-state index in [0.29, 0.717) is 23.8 Å². The molecule has 0 radical (unpaired) electrons. The van der Waals surface area contributed by atoms with Crippen LogP contribution in [0.1, 0.15) is 12.5 Å². The van der Waals surface area contributed by atoms with Gasteiger partial charge in [-0.15, -0.1) is 24.0 Å². The first-order valence-electron chi connectivity index (χ1n) is 10.2. The van der Waals surface area contributed by atoms with E-state index in [-0.39, 0.29) is 24.0 Å². The molecule has 0 aliphatic carbocycles. The van der Waals surface area contributed by atoms with Gasteiger partial charge in [0.25, 0.3) is 0 Å². The highest BCUT2D eigenvalue weighted by atomic mass is 127. The zero-order valence-electron chi connectivity index (χ0n) is 18.6. The number of halogens is 1. The highest BCUT2D eigenvalue weighted by Crippen LogP contribution is 2.40. The lowest BCUT2D eigenvalue weighted by Gasteiger charge is -2.37. The molecule has 1 aromatic carbocycles. The van der Waals surface area contributed by atoms with Crippen molar-refractivity contribution in [1.29, 1.82) is 0 Å². The van der Waals surface area contributed by atoms with E-state index in [2.05, 4.69) is 33.1 Å². The van der Waals surface area contributed by atoms with Crippen LogP contribution in [0.4, 0.5) is 5.82 Å². The Morgan fingerprint density at radius 2 is 1.74 bits per heavy atom. The molecule has 2 aromatic rings. The van der Waals surface area contributed by atoms with Gasteiger partial charge in [0.1, 0.15) is 5.82 Å². The van der Waals surface area contributed by atoms with Crippen LogP contribution in [0.5, 0.6) is 17.2 Å². The molecule has 0 bridgehead atoms. The number of aromatic nitrogens is 1. The first kappa shape index (κ1) is 24.8.